The molecule has 0 fully saturated rings. The average molecular weight is 268 g/mol. The first-order chi connectivity index (χ1) is 9.56. The smallest absolute Gasteiger partial charge is 0.271 e. The van der Waals surface area contributed by atoms with Crippen LogP contribution in [0.25, 0.3) is 22.4 Å². The normalized spacial score (nSPS) is 10.8. The number of nitro benzene ring substituents is 1. The highest BCUT2D eigenvalue weighted by Gasteiger charge is 2.13. The number of aromatic nitrogens is 2. The Labute approximate surface area is 114 Å². The van der Waals surface area contributed by atoms with E-state index >= 15 is 0 Å². The molecule has 0 saturated carbocycles. The predicted molar refractivity (Wildman–Crippen MR) is 77.2 cm³/mol. The lowest BCUT2D eigenvalue weighted by atomic mass is 10.2. The van der Waals surface area contributed by atoms with Crippen molar-refractivity contribution in [3.05, 3.63) is 52.6 Å². The van der Waals surface area contributed by atoms with Gasteiger partial charge in [0.05, 0.1) is 16.0 Å². The van der Waals surface area contributed by atoms with Crippen molar-refractivity contribution in [2.45, 2.75) is 0 Å². The number of hydrogen-bond acceptors (Lipinski definition) is 4. The van der Waals surface area contributed by atoms with Crippen molar-refractivity contribution in [3.63, 3.8) is 0 Å². The minimum Gasteiger partial charge on any atom is -0.399 e. The van der Waals surface area contributed by atoms with E-state index in [4.69, 9.17) is 5.73 Å². The first kappa shape index (κ1) is 12.2. The number of nitrogen functional groups attached to an aromatic ring is 1. The zero-order chi connectivity index (χ0) is 14.3. The van der Waals surface area contributed by atoms with Crippen LogP contribution in [0.1, 0.15) is 0 Å². The van der Waals surface area contributed by atoms with E-state index in [1.807, 2.05) is 23.7 Å². The second kappa shape index (κ2) is 4.34. The molecule has 0 aliphatic heterocycles. The van der Waals surface area contributed by atoms with Gasteiger partial charge in [0.15, 0.2) is 0 Å². The van der Waals surface area contributed by atoms with E-state index < -0.39 is 4.92 Å². The zero-order valence-corrected chi connectivity index (χ0v) is 10.8. The Hall–Kier alpha value is -2.89. The van der Waals surface area contributed by atoms with Crippen LogP contribution in [0.2, 0.25) is 0 Å². The summed E-state index contributed by atoms with van der Waals surface area (Å²) in [6.07, 6.45) is 0. The van der Waals surface area contributed by atoms with Crippen LogP contribution in [-0.4, -0.2) is 14.5 Å². The number of anilines is 1. The fraction of sp³-hybridized carbons (Fsp3) is 0.0714. The third kappa shape index (κ3) is 1.87. The molecule has 0 radical (unpaired) electrons. The van der Waals surface area contributed by atoms with Gasteiger partial charge in [0.2, 0.25) is 0 Å². The van der Waals surface area contributed by atoms with Crippen molar-refractivity contribution in [2.75, 3.05) is 5.73 Å². The first-order valence-electron chi connectivity index (χ1n) is 6.03. The van der Waals surface area contributed by atoms with Gasteiger partial charge in [-0.15, -0.1) is 0 Å². The molecule has 0 aliphatic carbocycles. The van der Waals surface area contributed by atoms with Gasteiger partial charge < -0.3 is 10.3 Å². The molecule has 6 heteroatoms. The Morgan fingerprint density at radius 1 is 1.20 bits per heavy atom. The van der Waals surface area contributed by atoms with Gasteiger partial charge in [0, 0.05) is 30.4 Å². The lowest BCUT2D eigenvalue weighted by Crippen LogP contribution is -1.93. The predicted octanol–water partition coefficient (Wildman–Crippen LogP) is 2.73. The fourth-order valence-corrected chi connectivity index (χ4v) is 2.19. The van der Waals surface area contributed by atoms with Crippen LogP contribution in [-0.2, 0) is 7.05 Å². The molecule has 1 aromatic heterocycles. The summed E-state index contributed by atoms with van der Waals surface area (Å²) in [5, 5.41) is 10.8. The fourth-order valence-electron chi connectivity index (χ4n) is 2.19. The molecule has 0 amide bonds. The molecule has 3 aromatic rings. The Morgan fingerprint density at radius 3 is 2.55 bits per heavy atom. The van der Waals surface area contributed by atoms with E-state index in [2.05, 4.69) is 4.98 Å². The molecule has 1 heterocycles. The van der Waals surface area contributed by atoms with Gasteiger partial charge in [-0.25, -0.2) is 4.98 Å². The molecule has 100 valence electrons. The number of aryl methyl sites for hydroxylation is 1. The van der Waals surface area contributed by atoms with Crippen LogP contribution < -0.4 is 5.73 Å². The molecule has 2 aromatic carbocycles. The molecule has 2 N–H and O–H groups in total. The van der Waals surface area contributed by atoms with E-state index in [1.54, 1.807) is 18.2 Å². The maximum absolute atomic E-state index is 10.8. The van der Waals surface area contributed by atoms with Crippen LogP contribution in [0.3, 0.4) is 0 Å². The molecular weight excluding hydrogens is 256 g/mol. The SMILES string of the molecule is Cn1c(-c2ccc(N)cc2)nc2cc([N+](=O)[O-])ccc21. The summed E-state index contributed by atoms with van der Waals surface area (Å²) >= 11 is 0. The summed E-state index contributed by atoms with van der Waals surface area (Å²) in [5.74, 6) is 0.750. The molecule has 0 aliphatic rings. The molecule has 0 saturated heterocycles. The van der Waals surface area contributed by atoms with Gasteiger partial charge in [-0.05, 0) is 30.3 Å². The molecule has 0 atom stereocenters. The molecule has 6 nitrogen and oxygen atoms in total. The van der Waals surface area contributed by atoms with E-state index in [0.29, 0.717) is 11.2 Å². The number of benzene rings is 2. The van der Waals surface area contributed by atoms with E-state index in [1.165, 1.54) is 12.1 Å². The number of hydrogen-bond donors (Lipinski definition) is 1. The quantitative estimate of drug-likeness (QED) is 0.440. The van der Waals surface area contributed by atoms with Gasteiger partial charge >= 0.3 is 0 Å². The van der Waals surface area contributed by atoms with Crippen LogP contribution >= 0.6 is 0 Å². The van der Waals surface area contributed by atoms with Crippen molar-refractivity contribution < 1.29 is 4.92 Å². The van der Waals surface area contributed by atoms with Crippen LogP contribution in [0, 0.1) is 10.1 Å². The minimum absolute atomic E-state index is 0.0412. The number of non-ortho nitro benzene ring substituents is 1. The average Bonchev–Trinajstić information content (AvgIpc) is 2.76. The summed E-state index contributed by atoms with van der Waals surface area (Å²) in [5.41, 5.74) is 8.77. The number of nitro groups is 1. The molecule has 0 unspecified atom stereocenters. The van der Waals surface area contributed by atoms with Crippen LogP contribution in [0.15, 0.2) is 42.5 Å². The molecule has 0 bridgehead atoms. The van der Waals surface area contributed by atoms with E-state index in [9.17, 15) is 10.1 Å². The number of nitrogens with two attached hydrogens (primary N) is 1. The Kier molecular flexibility index (Phi) is 2.64. The monoisotopic (exact) mass is 268 g/mol. The number of nitrogens with zero attached hydrogens (tertiary/aromatic N) is 3. The van der Waals surface area contributed by atoms with Gasteiger partial charge in [0.1, 0.15) is 5.82 Å². The van der Waals surface area contributed by atoms with Crippen molar-refractivity contribution in [1.82, 2.24) is 9.55 Å². The Bertz CT molecular complexity index is 806. The summed E-state index contributed by atoms with van der Waals surface area (Å²) in [6.45, 7) is 0. The lowest BCUT2D eigenvalue weighted by Gasteiger charge is -2.02. The zero-order valence-electron chi connectivity index (χ0n) is 10.8. The summed E-state index contributed by atoms with van der Waals surface area (Å²) in [4.78, 5) is 14.9. The first-order valence-corrected chi connectivity index (χ1v) is 6.03. The van der Waals surface area contributed by atoms with Gasteiger partial charge in [0.25, 0.3) is 5.69 Å². The second-order valence-electron chi connectivity index (χ2n) is 4.55. The van der Waals surface area contributed by atoms with Crippen LogP contribution in [0.4, 0.5) is 11.4 Å². The summed E-state index contributed by atoms with van der Waals surface area (Å²) in [6, 6.07) is 12.0. The highest BCUT2D eigenvalue weighted by Crippen LogP contribution is 2.26. The highest BCUT2D eigenvalue weighted by molar-refractivity contribution is 5.82. The van der Waals surface area contributed by atoms with Crippen molar-refractivity contribution in [1.29, 1.82) is 0 Å². The van der Waals surface area contributed by atoms with Crippen LogP contribution in [0.5, 0.6) is 0 Å². The van der Waals surface area contributed by atoms with E-state index in [-0.39, 0.29) is 5.69 Å². The number of rotatable bonds is 2. The summed E-state index contributed by atoms with van der Waals surface area (Å²) < 4.78 is 1.91. The largest absolute Gasteiger partial charge is 0.399 e. The highest BCUT2D eigenvalue weighted by atomic mass is 16.6. The molecule has 20 heavy (non-hydrogen) atoms. The third-order valence-corrected chi connectivity index (χ3v) is 3.24. The number of imidazole rings is 1. The van der Waals surface area contributed by atoms with E-state index in [0.717, 1.165) is 16.9 Å². The van der Waals surface area contributed by atoms with Crippen molar-refractivity contribution in [3.8, 4) is 11.4 Å². The van der Waals surface area contributed by atoms with Crippen molar-refractivity contribution in [2.24, 2.45) is 7.05 Å². The number of fused-ring (bicyclic) bond motifs is 1. The molecular formula is C14H12N4O2. The maximum Gasteiger partial charge on any atom is 0.271 e. The topological polar surface area (TPSA) is 87.0 Å². The Morgan fingerprint density at radius 2 is 1.90 bits per heavy atom. The maximum atomic E-state index is 10.8. The lowest BCUT2D eigenvalue weighted by molar-refractivity contribution is -0.384. The Balaban J connectivity index is 2.19. The minimum atomic E-state index is -0.420. The molecule has 3 rings (SSSR count). The summed E-state index contributed by atoms with van der Waals surface area (Å²) in [7, 11) is 1.88. The second-order valence-corrected chi connectivity index (χ2v) is 4.55. The van der Waals surface area contributed by atoms with Gasteiger partial charge in [-0.2, -0.15) is 0 Å². The molecule has 0 spiro atoms. The standard InChI is InChI=1S/C14H12N4O2/c1-17-13-7-6-11(18(19)20)8-12(13)16-14(17)9-2-4-10(15)5-3-9/h2-8H,15H2,1H3. The van der Waals surface area contributed by atoms with Gasteiger partial charge in [-0.1, -0.05) is 0 Å². The van der Waals surface area contributed by atoms with Gasteiger partial charge in [-0.3, -0.25) is 10.1 Å². The third-order valence-electron chi connectivity index (χ3n) is 3.24. The van der Waals surface area contributed by atoms with Crippen molar-refractivity contribution >= 4 is 22.4 Å².